The first kappa shape index (κ1) is 66.4. The van der Waals surface area contributed by atoms with Gasteiger partial charge in [-0.3, -0.25) is 14.4 Å². The molecule has 0 aliphatic heterocycles. The number of rotatable bonds is 56. The van der Waals surface area contributed by atoms with E-state index in [9.17, 15) is 14.4 Å². The van der Waals surface area contributed by atoms with Gasteiger partial charge in [-0.2, -0.15) is 0 Å². The fourth-order valence-electron chi connectivity index (χ4n) is 9.58. The van der Waals surface area contributed by atoms with E-state index < -0.39 is 6.10 Å². The molecule has 404 valence electrons. The molecule has 68 heavy (non-hydrogen) atoms. The minimum absolute atomic E-state index is 0.0621. The van der Waals surface area contributed by atoms with Crippen LogP contribution in [0, 0.1) is 11.8 Å². The second kappa shape index (κ2) is 54.7. The molecule has 6 heteroatoms. The number of carbonyl (C=O) groups excluding carboxylic acids is 3. The molecule has 6 nitrogen and oxygen atoms in total. The lowest BCUT2D eigenvalue weighted by molar-refractivity contribution is -0.167. The SMILES string of the molecule is CCCCCCCCCCCCC(=O)OC[C@@H](COC(=O)CCCCCCCCCCCCCCCCCCCCC(C)C)OC(=O)CCCCCCCCCCCCCCCCCCC(C)C. The summed E-state index contributed by atoms with van der Waals surface area (Å²) in [7, 11) is 0. The Hall–Kier alpha value is -1.59. The number of unbranched alkanes of at least 4 members (excludes halogenated alkanes) is 41. The molecular formula is C62H120O6. The van der Waals surface area contributed by atoms with Crippen LogP contribution in [0.1, 0.15) is 349 Å². The molecule has 0 N–H and O–H groups in total. The van der Waals surface area contributed by atoms with Crippen LogP contribution >= 0.6 is 0 Å². The van der Waals surface area contributed by atoms with Crippen LogP contribution in [0.25, 0.3) is 0 Å². The van der Waals surface area contributed by atoms with Crippen molar-refractivity contribution in [2.24, 2.45) is 11.8 Å². The Kier molecular flexibility index (Phi) is 53.5. The number of carbonyl (C=O) groups is 3. The third kappa shape index (κ3) is 55.3. The first-order chi connectivity index (χ1) is 33.2. The molecule has 0 saturated heterocycles. The van der Waals surface area contributed by atoms with Crippen LogP contribution in [0.15, 0.2) is 0 Å². The Morgan fingerprint density at radius 2 is 0.485 bits per heavy atom. The highest BCUT2D eigenvalue weighted by Crippen LogP contribution is 2.19. The van der Waals surface area contributed by atoms with Gasteiger partial charge in [0.05, 0.1) is 0 Å². The molecule has 0 bridgehead atoms. The van der Waals surface area contributed by atoms with Crippen LogP contribution in [-0.4, -0.2) is 37.2 Å². The van der Waals surface area contributed by atoms with Crippen molar-refractivity contribution in [3.8, 4) is 0 Å². The largest absolute Gasteiger partial charge is 0.462 e. The van der Waals surface area contributed by atoms with Crippen molar-refractivity contribution in [3.63, 3.8) is 0 Å². The highest BCUT2D eigenvalue weighted by Gasteiger charge is 2.19. The highest BCUT2D eigenvalue weighted by atomic mass is 16.6. The fourth-order valence-corrected chi connectivity index (χ4v) is 9.58. The number of hydrogen-bond acceptors (Lipinski definition) is 6. The maximum Gasteiger partial charge on any atom is 0.306 e. The van der Waals surface area contributed by atoms with Crippen LogP contribution in [0.5, 0.6) is 0 Å². The normalized spacial score (nSPS) is 12.0. The number of esters is 3. The van der Waals surface area contributed by atoms with Crippen LogP contribution < -0.4 is 0 Å². The summed E-state index contributed by atoms with van der Waals surface area (Å²) in [6, 6.07) is 0. The maximum atomic E-state index is 12.9. The summed E-state index contributed by atoms with van der Waals surface area (Å²) >= 11 is 0. The van der Waals surface area contributed by atoms with Crippen molar-refractivity contribution in [1.29, 1.82) is 0 Å². The van der Waals surface area contributed by atoms with Crippen molar-refractivity contribution in [2.75, 3.05) is 13.2 Å². The van der Waals surface area contributed by atoms with E-state index in [0.29, 0.717) is 19.3 Å². The smallest absolute Gasteiger partial charge is 0.306 e. The van der Waals surface area contributed by atoms with Gasteiger partial charge in [-0.05, 0) is 31.1 Å². The number of ether oxygens (including phenoxy) is 3. The van der Waals surface area contributed by atoms with Gasteiger partial charge in [0.1, 0.15) is 13.2 Å². The molecule has 0 heterocycles. The predicted molar refractivity (Wildman–Crippen MR) is 293 cm³/mol. The predicted octanol–water partition coefficient (Wildman–Crippen LogP) is 20.4. The Balaban J connectivity index is 4.19. The lowest BCUT2D eigenvalue weighted by Crippen LogP contribution is -2.30. The van der Waals surface area contributed by atoms with Crippen molar-refractivity contribution >= 4 is 17.9 Å². The standard InChI is InChI=1S/C62H120O6/c1-6-7-8-9-10-11-32-37-42-47-52-60(63)66-55-59(68-62(65)54-49-44-39-34-29-25-21-17-16-19-23-27-31-36-41-46-51-58(4)5)56-67-61(64)53-48-43-38-33-28-24-20-15-13-12-14-18-22-26-30-35-40-45-50-57(2)3/h57-59H,6-56H2,1-5H3/t59-/m0/s1. The Morgan fingerprint density at radius 1 is 0.279 bits per heavy atom. The van der Waals surface area contributed by atoms with E-state index in [-0.39, 0.29) is 31.1 Å². The summed E-state index contributed by atoms with van der Waals surface area (Å²) in [5.41, 5.74) is 0. The summed E-state index contributed by atoms with van der Waals surface area (Å²) in [6.07, 6.45) is 59.6. The van der Waals surface area contributed by atoms with Crippen LogP contribution in [0.4, 0.5) is 0 Å². The van der Waals surface area contributed by atoms with Crippen molar-refractivity contribution in [1.82, 2.24) is 0 Å². The van der Waals surface area contributed by atoms with Gasteiger partial charge in [0.15, 0.2) is 6.10 Å². The quantitative estimate of drug-likeness (QED) is 0.0343. The summed E-state index contributed by atoms with van der Waals surface area (Å²) < 4.78 is 16.9. The first-order valence-electron chi connectivity index (χ1n) is 30.7. The van der Waals surface area contributed by atoms with Gasteiger partial charge < -0.3 is 14.2 Å². The van der Waals surface area contributed by atoms with Gasteiger partial charge in [-0.25, -0.2) is 0 Å². The van der Waals surface area contributed by atoms with Crippen molar-refractivity contribution in [3.05, 3.63) is 0 Å². The second-order valence-corrected chi connectivity index (χ2v) is 22.3. The van der Waals surface area contributed by atoms with E-state index in [2.05, 4.69) is 34.6 Å². The average molecular weight is 962 g/mol. The van der Waals surface area contributed by atoms with Crippen LogP contribution in [0.3, 0.4) is 0 Å². The molecule has 0 spiro atoms. The average Bonchev–Trinajstić information content (AvgIpc) is 3.31. The topological polar surface area (TPSA) is 78.9 Å². The molecule has 0 rings (SSSR count). The molecule has 0 aliphatic rings. The first-order valence-corrected chi connectivity index (χ1v) is 30.7. The molecule has 0 aromatic carbocycles. The van der Waals surface area contributed by atoms with E-state index in [1.807, 2.05) is 0 Å². The van der Waals surface area contributed by atoms with Gasteiger partial charge in [0.2, 0.25) is 0 Å². The molecule has 0 aromatic rings. The lowest BCUT2D eigenvalue weighted by atomic mass is 10.0. The maximum absolute atomic E-state index is 12.9. The molecule has 1 atom stereocenters. The van der Waals surface area contributed by atoms with Crippen LogP contribution in [0.2, 0.25) is 0 Å². The zero-order valence-corrected chi connectivity index (χ0v) is 46.7. The van der Waals surface area contributed by atoms with Gasteiger partial charge in [-0.1, -0.05) is 311 Å². The zero-order chi connectivity index (χ0) is 49.6. The summed E-state index contributed by atoms with van der Waals surface area (Å²) in [5.74, 6) is 0.875. The van der Waals surface area contributed by atoms with Crippen LogP contribution in [-0.2, 0) is 28.6 Å². The molecule has 0 amide bonds. The van der Waals surface area contributed by atoms with E-state index >= 15 is 0 Å². The van der Waals surface area contributed by atoms with Gasteiger partial charge >= 0.3 is 17.9 Å². The summed E-state index contributed by atoms with van der Waals surface area (Å²) in [6.45, 7) is 11.4. The van der Waals surface area contributed by atoms with E-state index in [0.717, 1.165) is 69.6 Å². The third-order valence-corrected chi connectivity index (χ3v) is 14.2. The number of hydrogen-bond donors (Lipinski definition) is 0. The Bertz CT molecular complexity index is 1040. The second-order valence-electron chi connectivity index (χ2n) is 22.3. The third-order valence-electron chi connectivity index (χ3n) is 14.2. The van der Waals surface area contributed by atoms with E-state index in [1.54, 1.807) is 0 Å². The highest BCUT2D eigenvalue weighted by molar-refractivity contribution is 5.71. The summed E-state index contributed by atoms with van der Waals surface area (Å²) in [5, 5.41) is 0. The molecule has 0 aromatic heterocycles. The minimum Gasteiger partial charge on any atom is -0.462 e. The van der Waals surface area contributed by atoms with E-state index in [1.165, 1.54) is 238 Å². The molecule has 0 fully saturated rings. The van der Waals surface area contributed by atoms with Crippen molar-refractivity contribution in [2.45, 2.75) is 355 Å². The molecule has 0 radical (unpaired) electrons. The molecule has 0 saturated carbocycles. The molecule has 0 aliphatic carbocycles. The van der Waals surface area contributed by atoms with Gasteiger partial charge in [-0.15, -0.1) is 0 Å². The van der Waals surface area contributed by atoms with Gasteiger partial charge in [0.25, 0.3) is 0 Å². The monoisotopic (exact) mass is 961 g/mol. The summed E-state index contributed by atoms with van der Waals surface area (Å²) in [4.78, 5) is 38.2. The van der Waals surface area contributed by atoms with E-state index in [4.69, 9.17) is 14.2 Å². The van der Waals surface area contributed by atoms with Gasteiger partial charge in [0, 0.05) is 19.3 Å². The molecular weight excluding hydrogens is 841 g/mol. The lowest BCUT2D eigenvalue weighted by Gasteiger charge is -2.18. The zero-order valence-electron chi connectivity index (χ0n) is 46.7. The van der Waals surface area contributed by atoms with Crippen molar-refractivity contribution < 1.29 is 28.6 Å². The fraction of sp³-hybridized carbons (Fsp3) is 0.952. The molecule has 0 unspecified atom stereocenters. The minimum atomic E-state index is -0.762. The Labute approximate surface area is 425 Å². The Morgan fingerprint density at radius 3 is 0.721 bits per heavy atom.